The molecule has 0 spiro atoms. The van der Waals surface area contributed by atoms with Gasteiger partial charge in [-0.1, -0.05) is 119 Å². The Balaban J connectivity index is 0.000000233. The molecule has 0 bridgehead atoms. The Bertz CT molecular complexity index is 1480. The SMILES string of the molecule is CS(=O)(=O)O.Nc1ccccc1-c1[c-]cccc1.[Pd].c1ccc(-c2ccccc2PC2CCC(C3CCCCC3)CC2)cc1. The maximum absolute atomic E-state index is 9.19. The van der Waals surface area contributed by atoms with Crippen LogP contribution in [0.3, 0.4) is 0 Å². The van der Waals surface area contributed by atoms with E-state index < -0.39 is 10.1 Å². The third kappa shape index (κ3) is 12.2. The molecule has 0 radical (unpaired) electrons. The standard InChI is InChI=1S/C24H31P.C12H10N.CH4O3S.Pd/c1-3-9-19(10-4-1)20-15-17-22(18-16-20)25-24-14-8-7-13-23(24)21-11-5-2-6-12-21;13-12-9-5-4-8-11(12)10-6-2-1-3-7-10;1-5(2,3)4;/h2,5-8,11-14,19-20,22,25H,1,3-4,9-10,15-18H2;1-6,8-9H,13H2;1H3,(H,2,3,4);/q;-1;;. The van der Waals surface area contributed by atoms with Gasteiger partial charge in [-0.15, -0.1) is 35.9 Å². The zero-order chi connectivity index (χ0) is 30.5. The van der Waals surface area contributed by atoms with Gasteiger partial charge in [-0.05, 0) is 71.4 Å². The Kier molecular flexibility index (Phi) is 15.3. The van der Waals surface area contributed by atoms with Crippen LogP contribution in [0.2, 0.25) is 0 Å². The van der Waals surface area contributed by atoms with E-state index in [9.17, 15) is 8.42 Å². The first-order valence-electron chi connectivity index (χ1n) is 15.4. The fourth-order valence-electron chi connectivity index (χ4n) is 6.34. The van der Waals surface area contributed by atoms with Gasteiger partial charge in [0.05, 0.1) is 6.26 Å². The van der Waals surface area contributed by atoms with Crippen LogP contribution >= 0.6 is 8.58 Å². The largest absolute Gasteiger partial charge is 0.406 e. The topological polar surface area (TPSA) is 80.4 Å². The van der Waals surface area contributed by atoms with Crippen molar-refractivity contribution in [3.8, 4) is 22.3 Å². The summed E-state index contributed by atoms with van der Waals surface area (Å²) in [4.78, 5) is 0. The predicted octanol–water partition coefficient (Wildman–Crippen LogP) is 9.03. The van der Waals surface area contributed by atoms with Gasteiger partial charge < -0.3 is 5.73 Å². The molecule has 6 rings (SSSR count). The number of nitrogen functional groups attached to an aromatic ring is 1. The summed E-state index contributed by atoms with van der Waals surface area (Å²) in [5, 5.41) is 1.58. The fraction of sp³-hybridized carbons (Fsp3) is 0.351. The molecule has 44 heavy (non-hydrogen) atoms. The van der Waals surface area contributed by atoms with Gasteiger partial charge >= 0.3 is 0 Å². The van der Waals surface area contributed by atoms with E-state index in [-0.39, 0.29) is 20.4 Å². The Morgan fingerprint density at radius 1 is 0.705 bits per heavy atom. The normalized spacial score (nSPS) is 18.7. The van der Waals surface area contributed by atoms with Gasteiger partial charge in [0, 0.05) is 20.4 Å². The van der Waals surface area contributed by atoms with Gasteiger partial charge in [0.1, 0.15) is 0 Å². The van der Waals surface area contributed by atoms with Crippen LogP contribution in [0.5, 0.6) is 0 Å². The number of hydrogen-bond acceptors (Lipinski definition) is 3. The number of hydrogen-bond donors (Lipinski definition) is 2. The Morgan fingerprint density at radius 2 is 1.25 bits per heavy atom. The van der Waals surface area contributed by atoms with E-state index in [2.05, 4.69) is 60.7 Å². The van der Waals surface area contributed by atoms with Gasteiger partial charge in [-0.3, -0.25) is 4.55 Å². The second-order valence-corrected chi connectivity index (χ2v) is 14.8. The molecule has 2 aliphatic rings. The first-order chi connectivity index (χ1) is 20.8. The minimum absolute atomic E-state index is 0. The first kappa shape index (κ1) is 36.2. The zero-order valence-corrected chi connectivity index (χ0v) is 28.8. The van der Waals surface area contributed by atoms with Gasteiger partial charge in [0.25, 0.3) is 10.1 Å². The molecule has 238 valence electrons. The molecule has 4 nitrogen and oxygen atoms in total. The maximum Gasteiger partial charge on any atom is 0.261 e. The van der Waals surface area contributed by atoms with E-state index in [0.29, 0.717) is 6.26 Å². The van der Waals surface area contributed by atoms with E-state index in [1.807, 2.05) is 48.5 Å². The van der Waals surface area contributed by atoms with Crippen molar-refractivity contribution in [3.05, 3.63) is 109 Å². The first-order valence-corrected chi connectivity index (χ1v) is 18.4. The minimum Gasteiger partial charge on any atom is -0.406 e. The third-order valence-electron chi connectivity index (χ3n) is 8.42. The minimum atomic E-state index is -3.67. The molecule has 0 saturated heterocycles. The van der Waals surface area contributed by atoms with Crippen LogP contribution in [0.15, 0.2) is 103 Å². The van der Waals surface area contributed by atoms with Crippen molar-refractivity contribution < 1.29 is 33.4 Å². The molecule has 7 heteroatoms. The second-order valence-electron chi connectivity index (χ2n) is 11.7. The molecule has 0 aromatic heterocycles. The number of anilines is 1. The van der Waals surface area contributed by atoms with Crippen LogP contribution in [0, 0.1) is 17.9 Å². The van der Waals surface area contributed by atoms with Crippen molar-refractivity contribution in [2.75, 3.05) is 12.0 Å². The van der Waals surface area contributed by atoms with Crippen LogP contribution in [0.4, 0.5) is 5.69 Å². The van der Waals surface area contributed by atoms with Gasteiger partial charge in [-0.2, -0.15) is 8.42 Å². The second kappa shape index (κ2) is 18.6. The van der Waals surface area contributed by atoms with Crippen molar-refractivity contribution in [1.29, 1.82) is 0 Å². The van der Waals surface area contributed by atoms with Crippen molar-refractivity contribution in [3.63, 3.8) is 0 Å². The van der Waals surface area contributed by atoms with Crippen molar-refractivity contribution >= 4 is 29.7 Å². The van der Waals surface area contributed by atoms with E-state index in [1.54, 1.807) is 5.30 Å². The fourth-order valence-corrected chi connectivity index (χ4v) is 7.98. The summed E-state index contributed by atoms with van der Waals surface area (Å²) in [6.45, 7) is 0. The molecule has 1 unspecified atom stereocenters. The summed E-state index contributed by atoms with van der Waals surface area (Å²) < 4.78 is 25.9. The van der Waals surface area contributed by atoms with Crippen molar-refractivity contribution in [2.24, 2.45) is 11.8 Å². The van der Waals surface area contributed by atoms with E-state index in [1.165, 1.54) is 68.9 Å². The van der Waals surface area contributed by atoms with Crippen LogP contribution in [0.25, 0.3) is 22.3 Å². The smallest absolute Gasteiger partial charge is 0.261 e. The molecule has 0 aliphatic heterocycles. The predicted molar refractivity (Wildman–Crippen MR) is 185 cm³/mol. The third-order valence-corrected chi connectivity index (χ3v) is 10.2. The number of para-hydroxylation sites is 1. The summed E-state index contributed by atoms with van der Waals surface area (Å²) in [5.41, 5.74) is 12.5. The molecular formula is C37H45NO3PPdS-. The summed E-state index contributed by atoms with van der Waals surface area (Å²) in [6.07, 6.45) is 14.2. The van der Waals surface area contributed by atoms with E-state index in [0.717, 1.165) is 42.9 Å². The average molecular weight is 721 g/mol. The van der Waals surface area contributed by atoms with Crippen LogP contribution in [0.1, 0.15) is 57.8 Å². The Labute approximate surface area is 280 Å². The molecule has 4 aromatic carbocycles. The summed E-state index contributed by atoms with van der Waals surface area (Å²) in [7, 11) is -2.69. The molecule has 1 atom stereocenters. The zero-order valence-electron chi connectivity index (χ0n) is 25.5. The van der Waals surface area contributed by atoms with Crippen LogP contribution < -0.4 is 11.0 Å². The Hall–Kier alpha value is -2.32. The Morgan fingerprint density at radius 3 is 1.86 bits per heavy atom. The maximum atomic E-state index is 9.19. The number of nitrogens with two attached hydrogens (primary N) is 1. The summed E-state index contributed by atoms with van der Waals surface area (Å²) >= 11 is 0. The van der Waals surface area contributed by atoms with E-state index in [4.69, 9.17) is 10.3 Å². The summed E-state index contributed by atoms with van der Waals surface area (Å²) in [6, 6.07) is 38.8. The van der Waals surface area contributed by atoms with Gasteiger partial charge in [0.15, 0.2) is 0 Å². The van der Waals surface area contributed by atoms with Crippen LogP contribution in [-0.2, 0) is 30.5 Å². The molecule has 4 aromatic rings. The molecule has 2 aliphatic carbocycles. The number of rotatable bonds is 5. The average Bonchev–Trinajstić information content (AvgIpc) is 3.03. The molecule has 0 amide bonds. The van der Waals surface area contributed by atoms with Crippen molar-refractivity contribution in [2.45, 2.75) is 63.4 Å². The molecule has 2 fully saturated rings. The quantitative estimate of drug-likeness (QED) is 0.0709. The van der Waals surface area contributed by atoms with Gasteiger partial charge in [-0.25, -0.2) is 0 Å². The monoisotopic (exact) mass is 720 g/mol. The molecule has 0 heterocycles. The van der Waals surface area contributed by atoms with Gasteiger partial charge in [0.2, 0.25) is 0 Å². The summed E-state index contributed by atoms with van der Waals surface area (Å²) in [5.74, 6) is 2.11. The molecule has 2 saturated carbocycles. The van der Waals surface area contributed by atoms with Crippen molar-refractivity contribution in [1.82, 2.24) is 0 Å². The number of benzene rings is 4. The van der Waals surface area contributed by atoms with Crippen LogP contribution in [-0.4, -0.2) is 24.9 Å². The van der Waals surface area contributed by atoms with E-state index >= 15 is 0 Å². The molecular weight excluding hydrogens is 676 g/mol. The molecule has 3 N–H and O–H groups in total.